The molecule has 0 heterocycles. The quantitative estimate of drug-likeness (QED) is 0.359. The summed E-state index contributed by atoms with van der Waals surface area (Å²) in [5.41, 5.74) is 9.96. The van der Waals surface area contributed by atoms with E-state index in [-0.39, 0.29) is 0 Å². The van der Waals surface area contributed by atoms with Crippen molar-refractivity contribution in [3.05, 3.63) is 0 Å². The standard InChI is InChI=1S/C8H20N2O3/c1-4(11)7(9)8(10,5(2)12)6(3)13/h4-7,11-13H,9-10H2,1-3H3. The summed E-state index contributed by atoms with van der Waals surface area (Å²) in [6.45, 7) is 4.35. The summed E-state index contributed by atoms with van der Waals surface area (Å²) in [7, 11) is 0. The van der Waals surface area contributed by atoms with E-state index in [1.165, 1.54) is 20.8 Å². The number of aliphatic hydroxyl groups is 3. The van der Waals surface area contributed by atoms with Crippen LogP contribution >= 0.6 is 0 Å². The molecular weight excluding hydrogens is 172 g/mol. The largest absolute Gasteiger partial charge is 0.392 e. The van der Waals surface area contributed by atoms with Crippen LogP contribution in [0, 0.1) is 0 Å². The summed E-state index contributed by atoms with van der Waals surface area (Å²) in [5.74, 6) is 0. The molecule has 4 unspecified atom stereocenters. The monoisotopic (exact) mass is 192 g/mol. The van der Waals surface area contributed by atoms with Crippen LogP contribution in [0.15, 0.2) is 0 Å². The lowest BCUT2D eigenvalue weighted by Gasteiger charge is -2.41. The lowest BCUT2D eigenvalue weighted by atomic mass is 9.79. The molecule has 0 rings (SSSR count). The van der Waals surface area contributed by atoms with E-state index in [1.807, 2.05) is 0 Å². The van der Waals surface area contributed by atoms with Gasteiger partial charge in [-0.2, -0.15) is 0 Å². The smallest absolute Gasteiger partial charge is 0.0852 e. The second kappa shape index (κ2) is 4.34. The molecule has 0 aliphatic carbocycles. The first-order chi connectivity index (χ1) is 5.74. The van der Waals surface area contributed by atoms with E-state index < -0.39 is 29.9 Å². The van der Waals surface area contributed by atoms with Gasteiger partial charge in [-0.15, -0.1) is 0 Å². The summed E-state index contributed by atoms with van der Waals surface area (Å²) in [5, 5.41) is 28.0. The van der Waals surface area contributed by atoms with Gasteiger partial charge in [-0.1, -0.05) is 0 Å². The van der Waals surface area contributed by atoms with Gasteiger partial charge in [0, 0.05) is 0 Å². The molecule has 0 saturated heterocycles. The lowest BCUT2D eigenvalue weighted by Crippen LogP contribution is -2.70. The van der Waals surface area contributed by atoms with Crippen LogP contribution in [0.2, 0.25) is 0 Å². The van der Waals surface area contributed by atoms with E-state index in [0.717, 1.165) is 0 Å². The molecule has 0 aromatic rings. The molecule has 5 heteroatoms. The average molecular weight is 192 g/mol. The summed E-state index contributed by atoms with van der Waals surface area (Å²) >= 11 is 0. The molecule has 0 spiro atoms. The van der Waals surface area contributed by atoms with Crippen molar-refractivity contribution in [3.63, 3.8) is 0 Å². The van der Waals surface area contributed by atoms with E-state index >= 15 is 0 Å². The Hall–Kier alpha value is -0.200. The molecule has 0 amide bonds. The van der Waals surface area contributed by atoms with Gasteiger partial charge >= 0.3 is 0 Å². The van der Waals surface area contributed by atoms with Gasteiger partial charge in [0.2, 0.25) is 0 Å². The highest BCUT2D eigenvalue weighted by atomic mass is 16.3. The zero-order chi connectivity index (χ0) is 10.8. The Balaban J connectivity index is 4.79. The van der Waals surface area contributed by atoms with Crippen LogP contribution in [-0.4, -0.2) is 45.2 Å². The zero-order valence-corrected chi connectivity index (χ0v) is 8.31. The molecule has 7 N–H and O–H groups in total. The minimum absolute atomic E-state index is 0.868. The third-order valence-electron chi connectivity index (χ3n) is 2.54. The molecule has 0 fully saturated rings. The molecule has 0 radical (unpaired) electrons. The maximum absolute atomic E-state index is 9.38. The minimum atomic E-state index is -1.38. The summed E-state index contributed by atoms with van der Waals surface area (Å²) in [4.78, 5) is 0. The third-order valence-corrected chi connectivity index (χ3v) is 2.54. The van der Waals surface area contributed by atoms with Crippen molar-refractivity contribution in [1.29, 1.82) is 0 Å². The fraction of sp³-hybridized carbons (Fsp3) is 1.00. The Morgan fingerprint density at radius 2 is 1.31 bits per heavy atom. The first-order valence-corrected chi connectivity index (χ1v) is 4.33. The van der Waals surface area contributed by atoms with Gasteiger partial charge in [0.05, 0.1) is 29.9 Å². The zero-order valence-electron chi connectivity index (χ0n) is 8.31. The van der Waals surface area contributed by atoms with E-state index in [0.29, 0.717) is 0 Å². The summed E-state index contributed by atoms with van der Waals surface area (Å²) < 4.78 is 0. The van der Waals surface area contributed by atoms with Gasteiger partial charge in [-0.3, -0.25) is 0 Å². The highest BCUT2D eigenvalue weighted by Crippen LogP contribution is 2.18. The van der Waals surface area contributed by atoms with Gasteiger partial charge in [0.1, 0.15) is 0 Å². The van der Waals surface area contributed by atoms with Crippen molar-refractivity contribution in [2.45, 2.75) is 50.7 Å². The lowest BCUT2D eigenvalue weighted by molar-refractivity contribution is -0.0324. The number of hydrogen-bond donors (Lipinski definition) is 5. The van der Waals surface area contributed by atoms with Crippen LogP contribution in [0.5, 0.6) is 0 Å². The van der Waals surface area contributed by atoms with Crippen LogP contribution in [0.3, 0.4) is 0 Å². The molecule has 0 saturated carbocycles. The van der Waals surface area contributed by atoms with Crippen molar-refractivity contribution in [3.8, 4) is 0 Å². The van der Waals surface area contributed by atoms with Gasteiger partial charge in [0.15, 0.2) is 0 Å². The second-order valence-corrected chi connectivity index (χ2v) is 3.62. The molecule has 80 valence electrons. The first-order valence-electron chi connectivity index (χ1n) is 4.33. The Labute approximate surface area is 78.4 Å². The predicted octanol–water partition coefficient (Wildman–Crippen LogP) is -1.85. The van der Waals surface area contributed by atoms with Crippen molar-refractivity contribution >= 4 is 0 Å². The van der Waals surface area contributed by atoms with Crippen molar-refractivity contribution in [1.82, 2.24) is 0 Å². The molecule has 0 aliphatic rings. The van der Waals surface area contributed by atoms with E-state index in [9.17, 15) is 15.3 Å². The predicted molar refractivity (Wildman–Crippen MR) is 49.9 cm³/mol. The van der Waals surface area contributed by atoms with Gasteiger partial charge in [-0.25, -0.2) is 0 Å². The third kappa shape index (κ3) is 2.38. The second-order valence-electron chi connectivity index (χ2n) is 3.62. The molecule has 5 nitrogen and oxygen atoms in total. The fourth-order valence-electron chi connectivity index (χ4n) is 1.32. The Bertz CT molecular complexity index is 151. The Kier molecular flexibility index (Phi) is 4.28. The normalized spacial score (nSPS) is 25.8. The SMILES string of the molecule is CC(O)C(N)C(N)(C(C)O)C(C)O. The summed E-state index contributed by atoms with van der Waals surface area (Å²) in [6, 6.07) is -0.868. The van der Waals surface area contributed by atoms with Crippen LogP contribution in [0.1, 0.15) is 20.8 Å². The maximum atomic E-state index is 9.38. The van der Waals surface area contributed by atoms with E-state index in [4.69, 9.17) is 11.5 Å². The topological polar surface area (TPSA) is 113 Å². The molecule has 4 atom stereocenters. The van der Waals surface area contributed by atoms with Crippen molar-refractivity contribution in [2.75, 3.05) is 0 Å². The molecule has 0 aliphatic heterocycles. The fourth-order valence-corrected chi connectivity index (χ4v) is 1.32. The summed E-state index contributed by atoms with van der Waals surface area (Å²) in [6.07, 6.45) is -2.86. The maximum Gasteiger partial charge on any atom is 0.0852 e. The molecule has 0 bridgehead atoms. The van der Waals surface area contributed by atoms with E-state index in [2.05, 4.69) is 0 Å². The number of hydrogen-bond acceptors (Lipinski definition) is 5. The number of rotatable bonds is 4. The van der Waals surface area contributed by atoms with Crippen molar-refractivity contribution in [2.24, 2.45) is 11.5 Å². The first kappa shape index (κ1) is 12.8. The van der Waals surface area contributed by atoms with Crippen LogP contribution in [0.25, 0.3) is 0 Å². The van der Waals surface area contributed by atoms with Gasteiger partial charge in [-0.05, 0) is 20.8 Å². The van der Waals surface area contributed by atoms with E-state index in [1.54, 1.807) is 0 Å². The number of aliphatic hydroxyl groups excluding tert-OH is 3. The molecular formula is C8H20N2O3. The minimum Gasteiger partial charge on any atom is -0.392 e. The van der Waals surface area contributed by atoms with Crippen LogP contribution in [0.4, 0.5) is 0 Å². The Morgan fingerprint density at radius 3 is 1.38 bits per heavy atom. The highest BCUT2D eigenvalue weighted by Gasteiger charge is 2.43. The average Bonchev–Trinajstić information content (AvgIpc) is 2.00. The van der Waals surface area contributed by atoms with Crippen molar-refractivity contribution < 1.29 is 15.3 Å². The van der Waals surface area contributed by atoms with Crippen LogP contribution < -0.4 is 11.5 Å². The Morgan fingerprint density at radius 1 is 1.00 bits per heavy atom. The number of nitrogens with two attached hydrogens (primary N) is 2. The molecule has 13 heavy (non-hydrogen) atoms. The van der Waals surface area contributed by atoms with Gasteiger partial charge in [0.25, 0.3) is 0 Å². The van der Waals surface area contributed by atoms with Crippen LogP contribution in [-0.2, 0) is 0 Å². The van der Waals surface area contributed by atoms with Gasteiger partial charge < -0.3 is 26.8 Å². The molecule has 0 aromatic carbocycles. The highest BCUT2D eigenvalue weighted by molar-refractivity contribution is 5.04. The molecule has 0 aromatic heterocycles.